The Bertz CT molecular complexity index is 1100. The number of rotatable bonds is 5. The molecular formula is C25H28F3N3O. The predicted octanol–water partition coefficient (Wildman–Crippen LogP) is 5.20. The fourth-order valence-electron chi connectivity index (χ4n) is 4.84. The lowest BCUT2D eigenvalue weighted by atomic mass is 9.62. The van der Waals surface area contributed by atoms with E-state index in [2.05, 4.69) is 23.7 Å². The quantitative estimate of drug-likeness (QED) is 0.589. The first-order chi connectivity index (χ1) is 14.9. The van der Waals surface area contributed by atoms with Crippen molar-refractivity contribution in [2.45, 2.75) is 38.5 Å². The second kappa shape index (κ2) is 7.74. The number of pyridine rings is 1. The van der Waals surface area contributed by atoms with Crippen molar-refractivity contribution in [3.05, 3.63) is 83.4 Å². The van der Waals surface area contributed by atoms with E-state index in [-0.39, 0.29) is 0 Å². The lowest BCUT2D eigenvalue weighted by molar-refractivity contribution is -0.137. The molecule has 0 radical (unpaired) electrons. The van der Waals surface area contributed by atoms with Gasteiger partial charge < -0.3 is 14.6 Å². The van der Waals surface area contributed by atoms with E-state index in [1.54, 1.807) is 12.3 Å². The Labute approximate surface area is 186 Å². The molecule has 1 aliphatic rings. The second-order valence-electron chi connectivity index (χ2n) is 9.46. The zero-order valence-electron chi connectivity index (χ0n) is 18.7. The highest BCUT2D eigenvalue weighted by atomic mass is 19.4. The van der Waals surface area contributed by atoms with Crippen molar-refractivity contribution in [2.24, 2.45) is 5.41 Å². The van der Waals surface area contributed by atoms with Crippen LogP contribution < -0.4 is 0 Å². The van der Waals surface area contributed by atoms with Gasteiger partial charge in [0.2, 0.25) is 0 Å². The topological polar surface area (TPSA) is 41.3 Å². The number of aromatic nitrogens is 2. The fourth-order valence-corrected chi connectivity index (χ4v) is 4.84. The van der Waals surface area contributed by atoms with Crippen LogP contribution in [0.15, 0.2) is 61.2 Å². The van der Waals surface area contributed by atoms with Crippen molar-refractivity contribution in [1.29, 1.82) is 0 Å². The smallest absolute Gasteiger partial charge is 0.380 e. The van der Waals surface area contributed by atoms with Gasteiger partial charge in [0.25, 0.3) is 0 Å². The number of benzene rings is 1. The van der Waals surface area contributed by atoms with E-state index in [1.165, 1.54) is 22.5 Å². The second-order valence-corrected chi connectivity index (χ2v) is 9.46. The van der Waals surface area contributed by atoms with Gasteiger partial charge in [-0.2, -0.15) is 13.2 Å². The summed E-state index contributed by atoms with van der Waals surface area (Å²) in [7, 11) is 2.00. The van der Waals surface area contributed by atoms with Crippen LogP contribution in [0.4, 0.5) is 13.2 Å². The molecule has 1 atom stereocenters. The van der Waals surface area contributed by atoms with Crippen LogP contribution in [-0.4, -0.2) is 39.7 Å². The maximum Gasteiger partial charge on any atom is 0.417 e. The van der Waals surface area contributed by atoms with E-state index in [1.807, 2.05) is 38.2 Å². The molecular weight excluding hydrogens is 415 g/mol. The highest BCUT2D eigenvalue weighted by Gasteiger charge is 2.55. The maximum atomic E-state index is 13.1. The Hall–Kier alpha value is -2.64. The maximum absolute atomic E-state index is 13.1. The van der Waals surface area contributed by atoms with Gasteiger partial charge in [-0.3, -0.25) is 4.98 Å². The fraction of sp³-hybridized carbons (Fsp3) is 0.400. The average Bonchev–Trinajstić information content (AvgIpc) is 3.23. The zero-order valence-corrected chi connectivity index (χ0v) is 18.7. The number of hydrogen-bond acceptors (Lipinski definition) is 3. The third-order valence-electron chi connectivity index (χ3n) is 6.57. The Balaban J connectivity index is 1.80. The zero-order chi connectivity index (χ0) is 23.3. The summed E-state index contributed by atoms with van der Waals surface area (Å²) in [6.07, 6.45) is 1.09. The Kier molecular flexibility index (Phi) is 5.46. The van der Waals surface area contributed by atoms with Crippen LogP contribution in [0.2, 0.25) is 0 Å². The average molecular weight is 444 g/mol. The van der Waals surface area contributed by atoms with Gasteiger partial charge in [0.1, 0.15) is 5.60 Å². The molecule has 1 fully saturated rings. The molecule has 3 aromatic rings. The molecule has 0 aliphatic carbocycles. The van der Waals surface area contributed by atoms with Gasteiger partial charge in [-0.25, -0.2) is 0 Å². The third-order valence-corrected chi connectivity index (χ3v) is 6.57. The van der Waals surface area contributed by atoms with E-state index >= 15 is 0 Å². The summed E-state index contributed by atoms with van der Waals surface area (Å²) in [5.41, 5.74) is 0.394. The molecule has 1 N–H and O–H groups in total. The summed E-state index contributed by atoms with van der Waals surface area (Å²) in [5, 5.41) is 12.2. The summed E-state index contributed by atoms with van der Waals surface area (Å²) in [6.45, 7) is 7.63. The molecule has 0 saturated carbocycles. The van der Waals surface area contributed by atoms with Gasteiger partial charge in [0.15, 0.2) is 0 Å². The van der Waals surface area contributed by atoms with Crippen molar-refractivity contribution in [3.63, 3.8) is 0 Å². The standard InChI is InChI=1S/C25H28F3N3O/c1-17(2)18-5-7-19(8-6-18)24(32,23(3)15-30(4)16-23)21-11-22(13-29-12-21)31-10-9-20(14-31)25(26,27)28/h5-14,17,32H,15-16H2,1-4H3/t24-/m0/s1. The van der Waals surface area contributed by atoms with Crippen LogP contribution in [0.1, 0.15) is 48.9 Å². The first-order valence-corrected chi connectivity index (χ1v) is 10.7. The monoisotopic (exact) mass is 443 g/mol. The Morgan fingerprint density at radius 1 is 1.00 bits per heavy atom. The van der Waals surface area contributed by atoms with E-state index in [9.17, 15) is 18.3 Å². The van der Waals surface area contributed by atoms with Gasteiger partial charge in [-0.05, 0) is 36.2 Å². The van der Waals surface area contributed by atoms with Crippen LogP contribution in [0, 0.1) is 5.41 Å². The SMILES string of the molecule is CC(C)c1ccc([C@](O)(c2cncc(-n3ccc(C(F)(F)F)c3)c2)C2(C)CN(C)C2)cc1. The molecule has 1 aliphatic heterocycles. The molecule has 3 heterocycles. The van der Waals surface area contributed by atoms with Crippen LogP contribution in [-0.2, 0) is 11.8 Å². The summed E-state index contributed by atoms with van der Waals surface area (Å²) in [6, 6.07) is 10.7. The number of hydrogen-bond donors (Lipinski definition) is 1. The minimum Gasteiger partial charge on any atom is -0.380 e. The molecule has 1 aromatic carbocycles. The summed E-state index contributed by atoms with van der Waals surface area (Å²) >= 11 is 0. The number of likely N-dealkylation sites (tertiary alicyclic amines) is 1. The van der Waals surface area contributed by atoms with Crippen molar-refractivity contribution >= 4 is 0 Å². The molecule has 4 rings (SSSR count). The molecule has 1 saturated heterocycles. The minimum absolute atomic E-state index is 0.365. The lowest BCUT2D eigenvalue weighted by Crippen LogP contribution is -2.63. The molecule has 4 nitrogen and oxygen atoms in total. The molecule has 0 amide bonds. The van der Waals surface area contributed by atoms with Gasteiger partial charge in [0.05, 0.1) is 17.4 Å². The lowest BCUT2D eigenvalue weighted by Gasteiger charge is -2.55. The van der Waals surface area contributed by atoms with E-state index in [0.29, 0.717) is 30.3 Å². The number of alkyl halides is 3. The number of aliphatic hydroxyl groups is 1. The van der Waals surface area contributed by atoms with Gasteiger partial charge in [-0.15, -0.1) is 0 Å². The molecule has 7 heteroatoms. The van der Waals surface area contributed by atoms with Crippen LogP contribution in [0.5, 0.6) is 0 Å². The first-order valence-electron chi connectivity index (χ1n) is 10.7. The van der Waals surface area contributed by atoms with Crippen LogP contribution >= 0.6 is 0 Å². The largest absolute Gasteiger partial charge is 0.417 e. The highest BCUT2D eigenvalue weighted by Crippen LogP contribution is 2.50. The molecule has 2 aromatic heterocycles. The number of nitrogens with zero attached hydrogens (tertiary/aromatic N) is 3. The summed E-state index contributed by atoms with van der Waals surface area (Å²) in [4.78, 5) is 6.42. The first kappa shape index (κ1) is 22.6. The van der Waals surface area contributed by atoms with Crippen LogP contribution in [0.3, 0.4) is 0 Å². The number of halogens is 3. The van der Waals surface area contributed by atoms with Crippen molar-refractivity contribution in [1.82, 2.24) is 14.5 Å². The van der Waals surface area contributed by atoms with E-state index in [0.717, 1.165) is 17.8 Å². The molecule has 0 bridgehead atoms. The van der Waals surface area contributed by atoms with Gasteiger partial charge in [0, 0.05) is 42.7 Å². The summed E-state index contributed by atoms with van der Waals surface area (Å²) < 4.78 is 40.6. The van der Waals surface area contributed by atoms with Crippen LogP contribution in [0.25, 0.3) is 5.69 Å². The Morgan fingerprint density at radius 2 is 1.66 bits per heavy atom. The molecule has 0 unspecified atom stereocenters. The van der Waals surface area contributed by atoms with Gasteiger partial charge >= 0.3 is 6.18 Å². The van der Waals surface area contributed by atoms with Gasteiger partial charge in [-0.1, -0.05) is 45.0 Å². The molecule has 170 valence electrons. The summed E-state index contributed by atoms with van der Waals surface area (Å²) in [5.74, 6) is 0.365. The van der Waals surface area contributed by atoms with Crippen molar-refractivity contribution in [3.8, 4) is 5.69 Å². The minimum atomic E-state index is -4.42. The van der Waals surface area contributed by atoms with E-state index < -0.39 is 22.8 Å². The molecule has 0 spiro atoms. The third kappa shape index (κ3) is 3.73. The Morgan fingerprint density at radius 3 is 2.19 bits per heavy atom. The van der Waals surface area contributed by atoms with E-state index in [4.69, 9.17) is 0 Å². The van der Waals surface area contributed by atoms with Crippen molar-refractivity contribution in [2.75, 3.05) is 20.1 Å². The van der Waals surface area contributed by atoms with Crippen molar-refractivity contribution < 1.29 is 18.3 Å². The molecule has 32 heavy (non-hydrogen) atoms. The normalized spacial score (nSPS) is 18.4. The predicted molar refractivity (Wildman–Crippen MR) is 118 cm³/mol. The highest BCUT2D eigenvalue weighted by molar-refractivity contribution is 5.45.